The van der Waals surface area contributed by atoms with Gasteiger partial charge in [0, 0.05) is 0 Å². The van der Waals surface area contributed by atoms with Crippen LogP contribution in [0.3, 0.4) is 0 Å². The SMILES string of the molecule is CCC(O)C(O)CC(C)c1cc(C)cc(C)c1OC. The smallest absolute Gasteiger partial charge is 0.125 e. The standard InChI is InChI=1S/C16H26O3/c1-6-14(17)15(18)9-11(3)13-8-10(2)7-12(4)16(13)19-5/h7-8,11,14-15,17-18H,6,9H2,1-5H3. The van der Waals surface area contributed by atoms with Gasteiger partial charge in [0.2, 0.25) is 0 Å². The van der Waals surface area contributed by atoms with E-state index in [-0.39, 0.29) is 5.92 Å². The Morgan fingerprint density at radius 3 is 2.32 bits per heavy atom. The lowest BCUT2D eigenvalue weighted by molar-refractivity contribution is 0.00943. The molecular weight excluding hydrogens is 240 g/mol. The highest BCUT2D eigenvalue weighted by Gasteiger charge is 2.21. The number of hydrogen-bond donors (Lipinski definition) is 2. The van der Waals surface area contributed by atoms with Crippen molar-refractivity contribution in [3.8, 4) is 5.75 Å². The monoisotopic (exact) mass is 266 g/mol. The van der Waals surface area contributed by atoms with Gasteiger partial charge in [0.1, 0.15) is 5.75 Å². The molecule has 0 aromatic heterocycles. The number of aliphatic hydroxyl groups excluding tert-OH is 2. The maximum atomic E-state index is 9.96. The van der Waals surface area contributed by atoms with E-state index in [0.717, 1.165) is 16.9 Å². The summed E-state index contributed by atoms with van der Waals surface area (Å²) in [6.45, 7) is 8.01. The van der Waals surface area contributed by atoms with Crippen molar-refractivity contribution in [3.63, 3.8) is 0 Å². The van der Waals surface area contributed by atoms with Crippen LogP contribution in [0.5, 0.6) is 5.75 Å². The molecule has 3 nitrogen and oxygen atoms in total. The molecule has 108 valence electrons. The van der Waals surface area contributed by atoms with Gasteiger partial charge in [-0.05, 0) is 43.7 Å². The highest BCUT2D eigenvalue weighted by atomic mass is 16.5. The molecule has 1 rings (SSSR count). The molecule has 1 aromatic carbocycles. The zero-order valence-corrected chi connectivity index (χ0v) is 12.6. The Morgan fingerprint density at radius 2 is 1.79 bits per heavy atom. The van der Waals surface area contributed by atoms with E-state index in [9.17, 15) is 10.2 Å². The average molecular weight is 266 g/mol. The van der Waals surface area contributed by atoms with Crippen molar-refractivity contribution in [1.82, 2.24) is 0 Å². The number of aryl methyl sites for hydroxylation is 2. The van der Waals surface area contributed by atoms with Gasteiger partial charge in [-0.2, -0.15) is 0 Å². The van der Waals surface area contributed by atoms with E-state index < -0.39 is 12.2 Å². The van der Waals surface area contributed by atoms with Crippen LogP contribution in [0.25, 0.3) is 0 Å². The normalized spacial score (nSPS) is 15.9. The van der Waals surface area contributed by atoms with Crippen LogP contribution in [-0.4, -0.2) is 29.5 Å². The Balaban J connectivity index is 2.96. The van der Waals surface area contributed by atoms with Crippen LogP contribution in [-0.2, 0) is 0 Å². The molecule has 0 spiro atoms. The number of ether oxygens (including phenoxy) is 1. The lowest BCUT2D eigenvalue weighted by Gasteiger charge is -2.23. The van der Waals surface area contributed by atoms with Crippen molar-refractivity contribution in [3.05, 3.63) is 28.8 Å². The number of aliphatic hydroxyl groups is 2. The quantitative estimate of drug-likeness (QED) is 0.832. The van der Waals surface area contributed by atoms with Gasteiger partial charge in [-0.3, -0.25) is 0 Å². The summed E-state index contributed by atoms with van der Waals surface area (Å²) in [6.07, 6.45) is -0.239. The fourth-order valence-electron chi connectivity index (χ4n) is 2.55. The zero-order valence-electron chi connectivity index (χ0n) is 12.6. The molecule has 0 radical (unpaired) electrons. The largest absolute Gasteiger partial charge is 0.496 e. The summed E-state index contributed by atoms with van der Waals surface area (Å²) < 4.78 is 5.48. The molecule has 0 saturated heterocycles. The molecule has 0 aliphatic rings. The lowest BCUT2D eigenvalue weighted by Crippen LogP contribution is -2.26. The molecule has 0 aliphatic carbocycles. The summed E-state index contributed by atoms with van der Waals surface area (Å²) >= 11 is 0. The van der Waals surface area contributed by atoms with E-state index in [1.54, 1.807) is 7.11 Å². The Bertz CT molecular complexity index is 415. The van der Waals surface area contributed by atoms with Gasteiger partial charge >= 0.3 is 0 Å². The van der Waals surface area contributed by atoms with Crippen molar-refractivity contribution >= 4 is 0 Å². The van der Waals surface area contributed by atoms with E-state index in [1.807, 2.05) is 13.8 Å². The first-order valence-corrected chi connectivity index (χ1v) is 6.91. The third kappa shape index (κ3) is 3.95. The minimum Gasteiger partial charge on any atom is -0.496 e. The molecule has 0 amide bonds. The highest BCUT2D eigenvalue weighted by Crippen LogP contribution is 2.33. The van der Waals surface area contributed by atoms with Gasteiger partial charge in [-0.15, -0.1) is 0 Å². The Hall–Kier alpha value is -1.06. The first kappa shape index (κ1) is 16.0. The van der Waals surface area contributed by atoms with E-state index in [4.69, 9.17) is 4.74 Å². The second kappa shape index (κ2) is 6.92. The highest BCUT2D eigenvalue weighted by molar-refractivity contribution is 5.45. The Labute approximate surface area is 116 Å². The molecule has 0 saturated carbocycles. The second-order valence-electron chi connectivity index (χ2n) is 5.38. The van der Waals surface area contributed by atoms with Gasteiger partial charge < -0.3 is 14.9 Å². The molecule has 19 heavy (non-hydrogen) atoms. The fourth-order valence-corrected chi connectivity index (χ4v) is 2.55. The maximum absolute atomic E-state index is 9.96. The molecular formula is C16H26O3. The summed E-state index contributed by atoms with van der Waals surface area (Å²) in [6, 6.07) is 4.19. The molecule has 0 bridgehead atoms. The topological polar surface area (TPSA) is 49.7 Å². The molecule has 1 aromatic rings. The third-order valence-electron chi connectivity index (χ3n) is 3.64. The number of rotatable bonds is 6. The predicted octanol–water partition coefficient (Wildman–Crippen LogP) is 2.94. The van der Waals surface area contributed by atoms with Gasteiger partial charge in [0.15, 0.2) is 0 Å². The summed E-state index contributed by atoms with van der Waals surface area (Å²) in [5, 5.41) is 19.6. The van der Waals surface area contributed by atoms with Crippen molar-refractivity contribution in [1.29, 1.82) is 0 Å². The first-order chi connectivity index (χ1) is 8.90. The van der Waals surface area contributed by atoms with Crippen molar-refractivity contribution in [2.45, 2.75) is 58.7 Å². The van der Waals surface area contributed by atoms with Gasteiger partial charge in [0.25, 0.3) is 0 Å². The minimum absolute atomic E-state index is 0.143. The van der Waals surface area contributed by atoms with Crippen LogP contribution in [0, 0.1) is 13.8 Å². The van der Waals surface area contributed by atoms with Gasteiger partial charge in [-0.25, -0.2) is 0 Å². The molecule has 3 atom stereocenters. The second-order valence-corrected chi connectivity index (χ2v) is 5.38. The van der Waals surface area contributed by atoms with E-state index in [2.05, 4.69) is 26.0 Å². The van der Waals surface area contributed by atoms with Crippen LogP contribution in [0.4, 0.5) is 0 Å². The Kier molecular flexibility index (Phi) is 5.83. The summed E-state index contributed by atoms with van der Waals surface area (Å²) in [5.41, 5.74) is 3.39. The van der Waals surface area contributed by atoms with Crippen LogP contribution >= 0.6 is 0 Å². The molecule has 3 heteroatoms. The van der Waals surface area contributed by atoms with E-state index >= 15 is 0 Å². The molecule has 3 unspecified atom stereocenters. The van der Waals surface area contributed by atoms with Gasteiger partial charge in [0.05, 0.1) is 19.3 Å². The first-order valence-electron chi connectivity index (χ1n) is 6.91. The van der Waals surface area contributed by atoms with Crippen molar-refractivity contribution in [2.24, 2.45) is 0 Å². The summed E-state index contributed by atoms with van der Waals surface area (Å²) in [5.74, 6) is 1.03. The third-order valence-corrected chi connectivity index (χ3v) is 3.64. The van der Waals surface area contributed by atoms with Crippen LogP contribution in [0.2, 0.25) is 0 Å². The average Bonchev–Trinajstić information content (AvgIpc) is 2.36. The van der Waals surface area contributed by atoms with E-state index in [1.165, 1.54) is 5.56 Å². The number of methoxy groups -OCH3 is 1. The van der Waals surface area contributed by atoms with Crippen LogP contribution in [0.1, 0.15) is 49.3 Å². The van der Waals surface area contributed by atoms with Gasteiger partial charge in [-0.1, -0.05) is 31.5 Å². The van der Waals surface area contributed by atoms with Crippen LogP contribution in [0.15, 0.2) is 12.1 Å². The summed E-state index contributed by atoms with van der Waals surface area (Å²) in [4.78, 5) is 0. The lowest BCUT2D eigenvalue weighted by atomic mass is 9.89. The fraction of sp³-hybridized carbons (Fsp3) is 0.625. The Morgan fingerprint density at radius 1 is 1.16 bits per heavy atom. The van der Waals surface area contributed by atoms with Crippen LogP contribution < -0.4 is 4.74 Å². The number of hydrogen-bond acceptors (Lipinski definition) is 3. The molecule has 2 N–H and O–H groups in total. The maximum Gasteiger partial charge on any atom is 0.125 e. The predicted molar refractivity (Wildman–Crippen MR) is 77.8 cm³/mol. The molecule has 0 fully saturated rings. The van der Waals surface area contributed by atoms with Crippen molar-refractivity contribution < 1.29 is 14.9 Å². The summed E-state index contributed by atoms with van der Waals surface area (Å²) in [7, 11) is 1.67. The van der Waals surface area contributed by atoms with Crippen molar-refractivity contribution in [2.75, 3.05) is 7.11 Å². The zero-order chi connectivity index (χ0) is 14.6. The molecule has 0 aliphatic heterocycles. The molecule has 0 heterocycles. The number of benzene rings is 1. The van der Waals surface area contributed by atoms with E-state index in [0.29, 0.717) is 12.8 Å². The minimum atomic E-state index is -0.689.